The number of anilines is 1. The predicted molar refractivity (Wildman–Crippen MR) is 123 cm³/mol. The Morgan fingerprint density at radius 1 is 1.10 bits per heavy atom. The van der Waals surface area contributed by atoms with E-state index < -0.39 is 0 Å². The van der Waals surface area contributed by atoms with Crippen molar-refractivity contribution < 1.29 is 4.79 Å². The van der Waals surface area contributed by atoms with E-state index in [1.165, 1.54) is 0 Å². The minimum absolute atomic E-state index is 0.127. The average molecular weight is 429 g/mol. The first-order valence-corrected chi connectivity index (χ1v) is 12.1. The fourth-order valence-corrected chi connectivity index (χ4v) is 5.09. The standard InChI is InChI=1S/C22H32N6OS/c23-20(21(29)27-16-17-30-18-27)8-4-5-10-25-12-14-26(15-13-25)22-24-9-11-28(22)19-6-2-1-3-7-19/h1-3,6-7,9,11,20H,4-5,8,10,12-18,23H2. The summed E-state index contributed by atoms with van der Waals surface area (Å²) in [4.78, 5) is 23.7. The van der Waals surface area contributed by atoms with Crippen LogP contribution in [-0.2, 0) is 4.79 Å². The molecule has 1 aromatic carbocycles. The SMILES string of the molecule is NC(CCCCN1CCN(c2nccn2-c2ccccc2)CC1)C(=O)N1CCSC1. The lowest BCUT2D eigenvalue weighted by Gasteiger charge is -2.35. The van der Waals surface area contributed by atoms with E-state index in [0.29, 0.717) is 0 Å². The first-order chi connectivity index (χ1) is 14.7. The predicted octanol–water partition coefficient (Wildman–Crippen LogP) is 2.02. The molecule has 2 fully saturated rings. The Morgan fingerprint density at radius 2 is 1.90 bits per heavy atom. The highest BCUT2D eigenvalue weighted by Crippen LogP contribution is 2.20. The summed E-state index contributed by atoms with van der Waals surface area (Å²) < 4.78 is 2.16. The van der Waals surface area contributed by atoms with Crippen molar-refractivity contribution in [1.29, 1.82) is 0 Å². The number of thioether (sulfide) groups is 1. The summed E-state index contributed by atoms with van der Waals surface area (Å²) >= 11 is 1.81. The largest absolute Gasteiger partial charge is 0.339 e. The summed E-state index contributed by atoms with van der Waals surface area (Å²) in [6, 6.07) is 10.0. The summed E-state index contributed by atoms with van der Waals surface area (Å²) in [5, 5.41) is 0. The molecular weight excluding hydrogens is 396 g/mol. The van der Waals surface area contributed by atoms with E-state index in [1.54, 1.807) is 11.8 Å². The van der Waals surface area contributed by atoms with Crippen molar-refractivity contribution in [3.8, 4) is 5.69 Å². The molecule has 2 aromatic rings. The minimum atomic E-state index is -0.336. The number of aromatic nitrogens is 2. The van der Waals surface area contributed by atoms with E-state index in [1.807, 2.05) is 23.4 Å². The molecule has 0 saturated carbocycles. The molecule has 0 radical (unpaired) electrons. The number of hydrogen-bond acceptors (Lipinski definition) is 6. The second kappa shape index (κ2) is 10.3. The molecule has 7 nitrogen and oxygen atoms in total. The Bertz CT molecular complexity index is 799. The molecule has 4 rings (SSSR count). The third-order valence-electron chi connectivity index (χ3n) is 5.93. The van der Waals surface area contributed by atoms with Crippen LogP contribution < -0.4 is 10.6 Å². The highest BCUT2D eigenvalue weighted by atomic mass is 32.2. The van der Waals surface area contributed by atoms with Crippen molar-refractivity contribution in [1.82, 2.24) is 19.4 Å². The van der Waals surface area contributed by atoms with Gasteiger partial charge >= 0.3 is 0 Å². The lowest BCUT2D eigenvalue weighted by atomic mass is 10.1. The molecular formula is C22H32N6OS. The molecule has 30 heavy (non-hydrogen) atoms. The van der Waals surface area contributed by atoms with E-state index in [-0.39, 0.29) is 11.9 Å². The minimum Gasteiger partial charge on any atom is -0.339 e. The number of piperazine rings is 1. The maximum absolute atomic E-state index is 12.3. The van der Waals surface area contributed by atoms with Crippen molar-refractivity contribution >= 4 is 23.6 Å². The fourth-order valence-electron chi connectivity index (χ4n) is 4.14. The fraction of sp³-hybridized carbons (Fsp3) is 0.545. The van der Waals surface area contributed by atoms with Crippen LogP contribution in [-0.4, -0.2) is 82.2 Å². The maximum atomic E-state index is 12.3. The Kier molecular flexibility index (Phi) is 7.30. The highest BCUT2D eigenvalue weighted by Gasteiger charge is 2.24. The zero-order chi connectivity index (χ0) is 20.8. The molecule has 1 amide bonds. The Balaban J connectivity index is 1.18. The molecule has 0 spiro atoms. The Labute approximate surface area is 183 Å². The number of amides is 1. The van der Waals surface area contributed by atoms with Crippen LogP contribution in [0.25, 0.3) is 5.69 Å². The summed E-state index contributed by atoms with van der Waals surface area (Å²) in [6.07, 6.45) is 6.79. The average Bonchev–Trinajstić information content (AvgIpc) is 3.49. The lowest BCUT2D eigenvalue weighted by Crippen LogP contribution is -2.47. The third kappa shape index (κ3) is 5.17. The van der Waals surface area contributed by atoms with Crippen LogP contribution in [0, 0.1) is 0 Å². The molecule has 2 N–H and O–H groups in total. The van der Waals surface area contributed by atoms with E-state index in [2.05, 4.69) is 43.6 Å². The molecule has 2 saturated heterocycles. The number of rotatable bonds is 8. The van der Waals surface area contributed by atoms with Gasteiger partial charge in [-0.2, -0.15) is 0 Å². The van der Waals surface area contributed by atoms with Crippen LogP contribution in [0.1, 0.15) is 19.3 Å². The van der Waals surface area contributed by atoms with Gasteiger partial charge in [0.15, 0.2) is 0 Å². The smallest absolute Gasteiger partial charge is 0.240 e. The summed E-state index contributed by atoms with van der Waals surface area (Å²) in [5.74, 6) is 2.99. The molecule has 3 heterocycles. The van der Waals surface area contributed by atoms with Crippen molar-refractivity contribution in [2.24, 2.45) is 5.73 Å². The van der Waals surface area contributed by atoms with Gasteiger partial charge < -0.3 is 15.5 Å². The van der Waals surface area contributed by atoms with Crippen LogP contribution in [0.4, 0.5) is 5.95 Å². The van der Waals surface area contributed by atoms with Gasteiger partial charge in [-0.1, -0.05) is 24.6 Å². The number of hydrogen-bond donors (Lipinski definition) is 1. The van der Waals surface area contributed by atoms with Crippen LogP contribution >= 0.6 is 11.8 Å². The lowest BCUT2D eigenvalue weighted by molar-refractivity contribution is -0.131. The number of carbonyl (C=O) groups excluding carboxylic acids is 1. The molecule has 1 unspecified atom stereocenters. The van der Waals surface area contributed by atoms with Crippen molar-refractivity contribution in [2.75, 3.05) is 55.8 Å². The van der Waals surface area contributed by atoms with Crippen LogP contribution in [0.5, 0.6) is 0 Å². The molecule has 8 heteroatoms. The molecule has 2 aliphatic heterocycles. The molecule has 162 valence electrons. The van der Waals surface area contributed by atoms with Gasteiger partial charge in [-0.05, 0) is 31.5 Å². The second-order valence-electron chi connectivity index (χ2n) is 8.00. The van der Waals surface area contributed by atoms with Crippen LogP contribution in [0.2, 0.25) is 0 Å². The number of nitrogens with two attached hydrogens (primary N) is 1. The molecule has 2 aliphatic rings. The van der Waals surface area contributed by atoms with Gasteiger partial charge in [-0.3, -0.25) is 14.3 Å². The first-order valence-electron chi connectivity index (χ1n) is 10.9. The number of imidazole rings is 1. The first kappa shape index (κ1) is 21.2. The van der Waals surface area contributed by atoms with Gasteiger partial charge in [0.2, 0.25) is 11.9 Å². The van der Waals surface area contributed by atoms with E-state index in [4.69, 9.17) is 5.73 Å². The van der Waals surface area contributed by atoms with Gasteiger partial charge in [-0.15, -0.1) is 11.8 Å². The molecule has 1 atom stereocenters. The van der Waals surface area contributed by atoms with Gasteiger partial charge in [0.1, 0.15) is 0 Å². The Hall–Kier alpha value is -2.03. The third-order valence-corrected chi connectivity index (χ3v) is 6.90. The van der Waals surface area contributed by atoms with Crippen LogP contribution in [0.3, 0.4) is 0 Å². The zero-order valence-corrected chi connectivity index (χ0v) is 18.3. The quantitative estimate of drug-likeness (QED) is 0.649. The normalized spacial score (nSPS) is 18.7. The summed E-state index contributed by atoms with van der Waals surface area (Å²) in [5.41, 5.74) is 7.27. The number of unbranched alkanes of at least 4 members (excludes halogenated alkanes) is 1. The zero-order valence-electron chi connectivity index (χ0n) is 17.5. The summed E-state index contributed by atoms with van der Waals surface area (Å²) in [6.45, 7) is 5.96. The van der Waals surface area contributed by atoms with Crippen molar-refractivity contribution in [3.05, 3.63) is 42.7 Å². The Morgan fingerprint density at radius 3 is 2.63 bits per heavy atom. The summed E-state index contributed by atoms with van der Waals surface area (Å²) in [7, 11) is 0. The molecule has 1 aromatic heterocycles. The van der Waals surface area contributed by atoms with E-state index >= 15 is 0 Å². The van der Waals surface area contributed by atoms with Gasteiger partial charge in [-0.25, -0.2) is 4.98 Å². The monoisotopic (exact) mass is 428 g/mol. The van der Waals surface area contributed by atoms with Gasteiger partial charge in [0, 0.05) is 56.6 Å². The number of carbonyl (C=O) groups is 1. The van der Waals surface area contributed by atoms with Crippen LogP contribution in [0.15, 0.2) is 42.7 Å². The number of benzene rings is 1. The topological polar surface area (TPSA) is 70.6 Å². The maximum Gasteiger partial charge on any atom is 0.240 e. The van der Waals surface area contributed by atoms with E-state index in [0.717, 1.165) is 81.8 Å². The van der Waals surface area contributed by atoms with E-state index in [9.17, 15) is 4.79 Å². The molecule has 0 bridgehead atoms. The van der Waals surface area contributed by atoms with Crippen molar-refractivity contribution in [3.63, 3.8) is 0 Å². The number of para-hydroxylation sites is 1. The van der Waals surface area contributed by atoms with Gasteiger partial charge in [0.05, 0.1) is 11.9 Å². The molecule has 0 aliphatic carbocycles. The van der Waals surface area contributed by atoms with Crippen molar-refractivity contribution in [2.45, 2.75) is 25.3 Å². The number of nitrogens with zero attached hydrogens (tertiary/aromatic N) is 5. The second-order valence-corrected chi connectivity index (χ2v) is 9.08. The van der Waals surface area contributed by atoms with Gasteiger partial charge in [0.25, 0.3) is 0 Å². The highest BCUT2D eigenvalue weighted by molar-refractivity contribution is 7.99.